The van der Waals surface area contributed by atoms with Crippen molar-refractivity contribution in [2.75, 3.05) is 0 Å². The lowest BCUT2D eigenvalue weighted by Crippen LogP contribution is -2.58. The number of hydrogen-bond acceptors (Lipinski definition) is 5. The van der Waals surface area contributed by atoms with Crippen LogP contribution in [0.1, 0.15) is 49.8 Å². The average Bonchev–Trinajstić information content (AvgIpc) is 3.12. The Kier molecular flexibility index (Phi) is 4.78. The number of carbonyl (C=O) groups excluding carboxylic acids is 1. The molecular formula is C22H24N2O5. The number of nitrogens with zero attached hydrogens (tertiary/aromatic N) is 2. The van der Waals surface area contributed by atoms with Crippen molar-refractivity contribution < 1.29 is 19.6 Å². The van der Waals surface area contributed by atoms with E-state index >= 15 is 0 Å². The first-order chi connectivity index (χ1) is 13.8. The molecule has 2 heterocycles. The number of nitro benzene ring substituents is 1. The smallest absolute Gasteiger partial charge is 0.410 e. The number of aliphatic hydroxyl groups is 1. The highest BCUT2D eigenvalue weighted by atomic mass is 16.6. The third-order valence-electron chi connectivity index (χ3n) is 6.14. The molecule has 2 aliphatic heterocycles. The largest absolute Gasteiger partial charge is 0.443 e. The van der Waals surface area contributed by atoms with Crippen LogP contribution >= 0.6 is 0 Å². The fourth-order valence-electron chi connectivity index (χ4n) is 4.88. The lowest BCUT2D eigenvalue weighted by molar-refractivity contribution is -0.384. The van der Waals surface area contributed by atoms with Gasteiger partial charge in [-0.05, 0) is 37.8 Å². The molecule has 0 aliphatic carbocycles. The Labute approximate surface area is 169 Å². The predicted octanol–water partition coefficient (Wildman–Crippen LogP) is 4.17. The second-order valence-electron chi connectivity index (χ2n) is 8.27. The molecule has 2 saturated heterocycles. The molecule has 4 atom stereocenters. The maximum absolute atomic E-state index is 12.9. The molecular weight excluding hydrogens is 372 g/mol. The van der Waals surface area contributed by atoms with Gasteiger partial charge in [0.1, 0.15) is 5.60 Å². The van der Waals surface area contributed by atoms with Gasteiger partial charge in [0.25, 0.3) is 5.69 Å². The van der Waals surface area contributed by atoms with Crippen LogP contribution in [0.5, 0.6) is 0 Å². The number of ether oxygens (including phenoxy) is 1. The summed E-state index contributed by atoms with van der Waals surface area (Å²) in [5.74, 6) is -0.158. The Morgan fingerprint density at radius 3 is 2.41 bits per heavy atom. The Hall–Kier alpha value is -2.93. The molecule has 29 heavy (non-hydrogen) atoms. The molecule has 7 nitrogen and oxygen atoms in total. The number of amides is 1. The van der Waals surface area contributed by atoms with Crippen molar-refractivity contribution in [3.63, 3.8) is 0 Å². The van der Waals surface area contributed by atoms with E-state index in [-0.39, 0.29) is 23.7 Å². The fourth-order valence-corrected chi connectivity index (χ4v) is 4.88. The van der Waals surface area contributed by atoms with Crippen LogP contribution in [0.3, 0.4) is 0 Å². The lowest BCUT2D eigenvalue weighted by Gasteiger charge is -2.48. The molecule has 2 fully saturated rings. The third-order valence-corrected chi connectivity index (χ3v) is 6.14. The van der Waals surface area contributed by atoms with Gasteiger partial charge in [0.2, 0.25) is 0 Å². The highest BCUT2D eigenvalue weighted by molar-refractivity contribution is 5.71. The van der Waals surface area contributed by atoms with Gasteiger partial charge in [0.15, 0.2) is 0 Å². The minimum Gasteiger partial charge on any atom is -0.443 e. The van der Waals surface area contributed by atoms with Gasteiger partial charge in [0.05, 0.1) is 17.1 Å². The van der Waals surface area contributed by atoms with Gasteiger partial charge >= 0.3 is 6.09 Å². The number of benzene rings is 2. The van der Waals surface area contributed by atoms with E-state index in [1.807, 2.05) is 44.2 Å². The highest BCUT2D eigenvalue weighted by Crippen LogP contribution is 2.48. The number of rotatable bonds is 4. The zero-order valence-electron chi connectivity index (χ0n) is 16.4. The molecule has 1 unspecified atom stereocenters. The molecule has 152 valence electrons. The molecule has 2 aromatic carbocycles. The Morgan fingerprint density at radius 2 is 1.79 bits per heavy atom. The van der Waals surface area contributed by atoms with Gasteiger partial charge in [-0.25, -0.2) is 4.79 Å². The zero-order valence-corrected chi connectivity index (χ0v) is 16.4. The number of hydrogen-bond donors (Lipinski definition) is 1. The van der Waals surface area contributed by atoms with E-state index in [1.165, 1.54) is 12.1 Å². The Balaban J connectivity index is 1.67. The van der Waals surface area contributed by atoms with Crippen molar-refractivity contribution in [3.8, 4) is 0 Å². The average molecular weight is 396 g/mol. The molecule has 0 bridgehead atoms. The molecule has 1 amide bonds. The number of non-ortho nitro benzene ring substituents is 1. The standard InChI is InChI=1S/C22H24N2O5/c1-22(2)19(14-8-10-16(11-9-14)24(27)28)17-12-13-18(23(17)21(26)29-22)20(25)15-6-4-3-5-7-15/h3-11,17-20,25H,12-13H2,1-2H3/t17-,18-,19?,20-/m1/s1. The van der Waals surface area contributed by atoms with Crippen molar-refractivity contribution in [1.82, 2.24) is 4.90 Å². The fraction of sp³-hybridized carbons (Fsp3) is 0.409. The first kappa shape index (κ1) is 19.4. The quantitative estimate of drug-likeness (QED) is 0.618. The van der Waals surface area contributed by atoms with Crippen LogP contribution in [0, 0.1) is 10.1 Å². The van der Waals surface area contributed by atoms with E-state index < -0.39 is 22.7 Å². The van der Waals surface area contributed by atoms with Gasteiger partial charge in [-0.1, -0.05) is 42.5 Å². The molecule has 2 aliphatic rings. The first-order valence-electron chi connectivity index (χ1n) is 9.78. The summed E-state index contributed by atoms with van der Waals surface area (Å²) in [6.45, 7) is 3.74. The van der Waals surface area contributed by atoms with Crippen LogP contribution in [-0.4, -0.2) is 38.7 Å². The minimum absolute atomic E-state index is 0.0278. The van der Waals surface area contributed by atoms with E-state index in [9.17, 15) is 20.0 Å². The molecule has 7 heteroatoms. The molecule has 0 radical (unpaired) electrons. The Morgan fingerprint density at radius 1 is 1.14 bits per heavy atom. The molecule has 0 aromatic heterocycles. The molecule has 0 spiro atoms. The lowest BCUT2D eigenvalue weighted by atomic mass is 9.77. The monoisotopic (exact) mass is 396 g/mol. The van der Waals surface area contributed by atoms with Crippen LogP contribution in [0.15, 0.2) is 54.6 Å². The van der Waals surface area contributed by atoms with Gasteiger partial charge in [-0.15, -0.1) is 0 Å². The SMILES string of the molecule is CC1(C)OC(=O)N2[C@H](CC[C@@H]2[C@H](O)c2ccccc2)C1c1ccc([N+](=O)[O-])cc1. The summed E-state index contributed by atoms with van der Waals surface area (Å²) in [4.78, 5) is 25.1. The number of fused-ring (bicyclic) bond motifs is 1. The van der Waals surface area contributed by atoms with Crippen LogP contribution in [0.2, 0.25) is 0 Å². The van der Waals surface area contributed by atoms with E-state index in [4.69, 9.17) is 4.74 Å². The van der Waals surface area contributed by atoms with Gasteiger partial charge in [-0.3, -0.25) is 15.0 Å². The van der Waals surface area contributed by atoms with Crippen molar-refractivity contribution >= 4 is 11.8 Å². The number of nitro groups is 1. The van der Waals surface area contributed by atoms with Gasteiger partial charge in [-0.2, -0.15) is 0 Å². The summed E-state index contributed by atoms with van der Waals surface area (Å²) in [6.07, 6.45) is 0.174. The van der Waals surface area contributed by atoms with Crippen LogP contribution in [0.4, 0.5) is 10.5 Å². The van der Waals surface area contributed by atoms with Crippen LogP contribution in [0.25, 0.3) is 0 Å². The van der Waals surface area contributed by atoms with E-state index in [1.54, 1.807) is 17.0 Å². The van der Waals surface area contributed by atoms with E-state index in [0.29, 0.717) is 6.42 Å². The van der Waals surface area contributed by atoms with E-state index in [0.717, 1.165) is 17.5 Å². The summed E-state index contributed by atoms with van der Waals surface area (Å²) in [5.41, 5.74) is 0.918. The van der Waals surface area contributed by atoms with Crippen molar-refractivity contribution in [2.45, 2.75) is 56.4 Å². The van der Waals surface area contributed by atoms with Gasteiger partial charge in [0, 0.05) is 24.1 Å². The zero-order chi connectivity index (χ0) is 20.8. The summed E-state index contributed by atoms with van der Waals surface area (Å²) in [6, 6.07) is 15.2. The van der Waals surface area contributed by atoms with Crippen molar-refractivity contribution in [2.24, 2.45) is 0 Å². The maximum atomic E-state index is 12.9. The third kappa shape index (κ3) is 3.35. The van der Waals surface area contributed by atoms with Crippen LogP contribution in [-0.2, 0) is 4.74 Å². The first-order valence-corrected chi connectivity index (χ1v) is 9.78. The van der Waals surface area contributed by atoms with Gasteiger partial charge < -0.3 is 9.84 Å². The summed E-state index contributed by atoms with van der Waals surface area (Å²) in [7, 11) is 0. The normalized spacial score (nSPS) is 26.5. The second kappa shape index (κ2) is 7.15. The number of carbonyl (C=O) groups is 1. The van der Waals surface area contributed by atoms with Crippen molar-refractivity contribution in [1.29, 1.82) is 0 Å². The molecule has 1 N–H and O–H groups in total. The number of aliphatic hydroxyl groups excluding tert-OH is 1. The Bertz CT molecular complexity index is 913. The van der Waals surface area contributed by atoms with Crippen LogP contribution < -0.4 is 0 Å². The molecule has 2 aromatic rings. The summed E-state index contributed by atoms with van der Waals surface area (Å²) >= 11 is 0. The highest BCUT2D eigenvalue weighted by Gasteiger charge is 2.55. The maximum Gasteiger partial charge on any atom is 0.410 e. The van der Waals surface area contributed by atoms with E-state index in [2.05, 4.69) is 0 Å². The topological polar surface area (TPSA) is 92.9 Å². The van der Waals surface area contributed by atoms with Crippen molar-refractivity contribution in [3.05, 3.63) is 75.8 Å². The minimum atomic E-state index is -0.799. The summed E-state index contributed by atoms with van der Waals surface area (Å²) in [5, 5.41) is 21.9. The molecule has 4 rings (SSSR count). The summed E-state index contributed by atoms with van der Waals surface area (Å²) < 4.78 is 5.79. The predicted molar refractivity (Wildman–Crippen MR) is 106 cm³/mol. The number of cyclic esters (lactones) is 1. The second-order valence-corrected chi connectivity index (χ2v) is 8.27. The molecule has 0 saturated carbocycles.